The van der Waals surface area contributed by atoms with Crippen LogP contribution < -0.4 is 4.74 Å². The van der Waals surface area contributed by atoms with Gasteiger partial charge >= 0.3 is 0 Å². The van der Waals surface area contributed by atoms with Gasteiger partial charge in [0.1, 0.15) is 5.75 Å². The zero-order valence-corrected chi connectivity index (χ0v) is 12.2. The third kappa shape index (κ3) is 2.61. The highest BCUT2D eigenvalue weighted by Crippen LogP contribution is 2.42. The van der Waals surface area contributed by atoms with Crippen LogP contribution in [0.1, 0.15) is 43.7 Å². The molecule has 1 fully saturated rings. The van der Waals surface area contributed by atoms with Crippen molar-refractivity contribution in [3.8, 4) is 5.75 Å². The highest BCUT2D eigenvalue weighted by molar-refractivity contribution is 6.30. The maximum atomic E-state index is 10.8. The average molecular weight is 281 g/mol. The first-order chi connectivity index (χ1) is 9.09. The van der Waals surface area contributed by atoms with E-state index in [9.17, 15) is 5.11 Å². The number of hydrogen-bond acceptors (Lipinski definition) is 2. The van der Waals surface area contributed by atoms with Crippen molar-refractivity contribution in [3.63, 3.8) is 0 Å². The van der Waals surface area contributed by atoms with Gasteiger partial charge in [-0.3, -0.25) is 0 Å². The molecule has 1 N–H and O–H groups in total. The number of hydrogen-bond donors (Lipinski definition) is 1. The summed E-state index contributed by atoms with van der Waals surface area (Å²) in [6.07, 6.45) is 5.70. The summed E-state index contributed by atoms with van der Waals surface area (Å²) < 4.78 is 5.72. The molecule has 0 saturated heterocycles. The van der Waals surface area contributed by atoms with E-state index in [-0.39, 0.29) is 0 Å². The van der Waals surface area contributed by atoms with Crippen molar-refractivity contribution in [2.75, 3.05) is 6.61 Å². The maximum Gasteiger partial charge on any atom is 0.126 e. The second-order valence-corrected chi connectivity index (χ2v) is 6.51. The summed E-state index contributed by atoms with van der Waals surface area (Å²) in [6.45, 7) is 2.94. The van der Waals surface area contributed by atoms with E-state index in [4.69, 9.17) is 16.3 Å². The monoisotopic (exact) mass is 280 g/mol. The molecule has 1 aliphatic heterocycles. The minimum absolute atomic E-state index is 0.564. The summed E-state index contributed by atoms with van der Waals surface area (Å²) in [5.41, 5.74) is 1.71. The van der Waals surface area contributed by atoms with Crippen LogP contribution in [0.25, 0.3) is 0 Å². The van der Waals surface area contributed by atoms with E-state index in [1.807, 2.05) is 12.1 Å². The molecule has 104 valence electrons. The average Bonchev–Trinajstić information content (AvgIpc) is 2.95. The molecule has 1 heterocycles. The van der Waals surface area contributed by atoms with E-state index in [2.05, 4.69) is 6.92 Å². The molecule has 3 rings (SSSR count). The van der Waals surface area contributed by atoms with Crippen LogP contribution in [0.4, 0.5) is 0 Å². The molecule has 19 heavy (non-hydrogen) atoms. The number of aliphatic hydroxyl groups is 1. The Balaban J connectivity index is 1.84. The molecule has 1 saturated carbocycles. The summed E-state index contributed by atoms with van der Waals surface area (Å²) in [6, 6.07) is 3.95. The fraction of sp³-hybridized carbons (Fsp3) is 0.625. The van der Waals surface area contributed by atoms with E-state index in [0.29, 0.717) is 12.3 Å². The lowest BCUT2D eigenvalue weighted by Gasteiger charge is -2.24. The van der Waals surface area contributed by atoms with Gasteiger partial charge in [-0.05, 0) is 48.4 Å². The number of rotatable bonds is 3. The molecule has 1 aromatic rings. The number of halogens is 1. The number of fused-ring (bicyclic) bond motifs is 1. The van der Waals surface area contributed by atoms with Crippen molar-refractivity contribution >= 4 is 11.6 Å². The van der Waals surface area contributed by atoms with E-state index in [0.717, 1.165) is 55.0 Å². The molecule has 2 atom stereocenters. The van der Waals surface area contributed by atoms with Gasteiger partial charge in [0.15, 0.2) is 0 Å². The van der Waals surface area contributed by atoms with Gasteiger partial charge in [0.05, 0.1) is 12.2 Å². The van der Waals surface area contributed by atoms with Gasteiger partial charge in [-0.15, -0.1) is 0 Å². The summed E-state index contributed by atoms with van der Waals surface area (Å²) in [4.78, 5) is 0. The van der Waals surface area contributed by atoms with Crippen LogP contribution in [0, 0.1) is 5.92 Å². The Kier molecular flexibility index (Phi) is 3.48. The Hall–Kier alpha value is -0.730. The fourth-order valence-corrected chi connectivity index (χ4v) is 3.82. The van der Waals surface area contributed by atoms with Crippen LogP contribution in [0.5, 0.6) is 5.75 Å². The molecule has 0 amide bonds. The lowest BCUT2D eigenvalue weighted by molar-refractivity contribution is 0.0431. The van der Waals surface area contributed by atoms with Gasteiger partial charge in [0.25, 0.3) is 0 Å². The predicted octanol–water partition coefficient (Wildman–Crippen LogP) is 3.76. The molecule has 0 radical (unpaired) electrons. The first-order valence-electron chi connectivity index (χ1n) is 7.26. The maximum absolute atomic E-state index is 10.8. The van der Waals surface area contributed by atoms with Crippen LogP contribution in [0.3, 0.4) is 0 Å². The van der Waals surface area contributed by atoms with Gasteiger partial charge in [-0.2, -0.15) is 0 Å². The summed E-state index contributed by atoms with van der Waals surface area (Å²) >= 11 is 6.18. The quantitative estimate of drug-likeness (QED) is 0.913. The first kappa shape index (κ1) is 13.3. The SMILES string of the molecule is CCC1CCC(O)(Cc2cc(Cl)cc3c2OCC3)C1. The molecule has 3 heteroatoms. The van der Waals surface area contributed by atoms with Crippen molar-refractivity contribution in [2.24, 2.45) is 5.92 Å². The molecule has 0 spiro atoms. The smallest absolute Gasteiger partial charge is 0.126 e. The second-order valence-electron chi connectivity index (χ2n) is 6.07. The molecule has 0 aromatic heterocycles. The van der Waals surface area contributed by atoms with Crippen molar-refractivity contribution in [3.05, 3.63) is 28.3 Å². The molecule has 1 aromatic carbocycles. The Morgan fingerprint density at radius 2 is 2.32 bits per heavy atom. The van der Waals surface area contributed by atoms with Crippen LogP contribution in [-0.2, 0) is 12.8 Å². The van der Waals surface area contributed by atoms with Crippen LogP contribution in [-0.4, -0.2) is 17.3 Å². The Morgan fingerprint density at radius 1 is 1.47 bits per heavy atom. The lowest BCUT2D eigenvalue weighted by Crippen LogP contribution is -2.28. The van der Waals surface area contributed by atoms with Crippen molar-refractivity contribution in [1.82, 2.24) is 0 Å². The Labute approximate surface area is 119 Å². The van der Waals surface area contributed by atoms with E-state index < -0.39 is 5.60 Å². The third-order valence-corrected chi connectivity index (χ3v) is 4.83. The summed E-state index contributed by atoms with van der Waals surface area (Å²) in [7, 11) is 0. The van der Waals surface area contributed by atoms with Crippen molar-refractivity contribution in [1.29, 1.82) is 0 Å². The van der Waals surface area contributed by atoms with Gasteiger partial charge in [-0.25, -0.2) is 0 Å². The van der Waals surface area contributed by atoms with E-state index in [1.54, 1.807) is 0 Å². The van der Waals surface area contributed by atoms with Crippen LogP contribution in [0.15, 0.2) is 12.1 Å². The van der Waals surface area contributed by atoms with Gasteiger partial charge < -0.3 is 9.84 Å². The number of ether oxygens (including phenoxy) is 1. The van der Waals surface area contributed by atoms with E-state index >= 15 is 0 Å². The zero-order valence-electron chi connectivity index (χ0n) is 11.4. The normalized spacial score (nSPS) is 29.3. The first-order valence-corrected chi connectivity index (χ1v) is 7.64. The second kappa shape index (κ2) is 4.99. The molecular formula is C16H21ClO2. The molecule has 2 unspecified atom stereocenters. The molecule has 1 aliphatic carbocycles. The molecular weight excluding hydrogens is 260 g/mol. The lowest BCUT2D eigenvalue weighted by atomic mass is 9.90. The van der Waals surface area contributed by atoms with Gasteiger partial charge in [-0.1, -0.05) is 24.9 Å². The van der Waals surface area contributed by atoms with E-state index in [1.165, 1.54) is 5.56 Å². The standard InChI is InChI=1S/C16H21ClO2/c1-2-11-3-5-16(18,9-11)10-13-8-14(17)7-12-4-6-19-15(12)13/h7-8,11,18H,2-6,9-10H2,1H3. The Bertz CT molecular complexity index is 486. The minimum atomic E-state index is -0.564. The minimum Gasteiger partial charge on any atom is -0.493 e. The fourth-order valence-electron chi connectivity index (χ4n) is 3.56. The molecule has 0 bridgehead atoms. The molecule has 2 nitrogen and oxygen atoms in total. The van der Waals surface area contributed by atoms with Crippen molar-refractivity contribution < 1.29 is 9.84 Å². The topological polar surface area (TPSA) is 29.5 Å². The summed E-state index contributed by atoms with van der Waals surface area (Å²) in [5.74, 6) is 1.64. The Morgan fingerprint density at radius 3 is 3.05 bits per heavy atom. The largest absolute Gasteiger partial charge is 0.493 e. The molecule has 2 aliphatic rings. The summed E-state index contributed by atoms with van der Waals surface area (Å²) in [5, 5.41) is 11.5. The third-order valence-electron chi connectivity index (χ3n) is 4.61. The van der Waals surface area contributed by atoms with Crippen molar-refractivity contribution in [2.45, 2.75) is 51.0 Å². The van der Waals surface area contributed by atoms with Crippen LogP contribution >= 0.6 is 11.6 Å². The predicted molar refractivity (Wildman–Crippen MR) is 76.9 cm³/mol. The van der Waals surface area contributed by atoms with Crippen LogP contribution in [0.2, 0.25) is 5.02 Å². The zero-order chi connectivity index (χ0) is 13.5. The van der Waals surface area contributed by atoms with Gasteiger partial charge in [0, 0.05) is 17.9 Å². The van der Waals surface area contributed by atoms with Gasteiger partial charge in [0.2, 0.25) is 0 Å². The highest BCUT2D eigenvalue weighted by Gasteiger charge is 2.37. The highest BCUT2D eigenvalue weighted by atomic mass is 35.5. The number of benzene rings is 1.